The molecule has 0 saturated heterocycles. The molecular weight excluding hydrogens is 534 g/mol. The molecular formula is C26H24O2P2Te. The SMILES string of the molecule is O=P(C[Te]CP(=O)(c1ccccc1)c1ccccc1)(c1ccccc1)c1ccccc1. The van der Waals surface area contributed by atoms with E-state index in [1.54, 1.807) is 0 Å². The van der Waals surface area contributed by atoms with Gasteiger partial charge in [-0.05, 0) is 0 Å². The van der Waals surface area contributed by atoms with E-state index in [9.17, 15) is 9.13 Å². The summed E-state index contributed by atoms with van der Waals surface area (Å²) in [5.41, 5.74) is 0. The Balaban J connectivity index is 1.66. The first-order chi connectivity index (χ1) is 15.1. The molecule has 0 radical (unpaired) electrons. The van der Waals surface area contributed by atoms with Gasteiger partial charge in [0, 0.05) is 0 Å². The second-order valence-electron chi connectivity index (χ2n) is 7.28. The first kappa shape index (κ1) is 22.3. The molecule has 31 heavy (non-hydrogen) atoms. The quantitative estimate of drug-likeness (QED) is 0.234. The Morgan fingerprint density at radius 3 is 0.871 bits per heavy atom. The monoisotopic (exact) mass is 560 g/mol. The standard InChI is InChI=1S/C26H24O2P2Te/c27-29(23-13-5-1-6-14-23,24-15-7-2-8-16-24)21-31-22-30(28,25-17-9-3-10-18-25)26-19-11-4-12-20-26/h1-20H,21-22H2. The van der Waals surface area contributed by atoms with Gasteiger partial charge in [-0.2, -0.15) is 0 Å². The molecule has 5 heteroatoms. The van der Waals surface area contributed by atoms with Crippen LogP contribution in [0.2, 0.25) is 0 Å². The summed E-state index contributed by atoms with van der Waals surface area (Å²) in [4.78, 5) is 0. The molecule has 0 saturated carbocycles. The molecule has 156 valence electrons. The maximum atomic E-state index is 14.3. The van der Waals surface area contributed by atoms with Gasteiger partial charge in [-0.1, -0.05) is 0 Å². The second kappa shape index (κ2) is 10.2. The van der Waals surface area contributed by atoms with E-state index in [0.29, 0.717) is 8.42 Å². The van der Waals surface area contributed by atoms with Gasteiger partial charge in [-0.25, -0.2) is 0 Å². The van der Waals surface area contributed by atoms with Crippen molar-refractivity contribution in [2.45, 2.75) is 0 Å². The summed E-state index contributed by atoms with van der Waals surface area (Å²) >= 11 is -0.802. The van der Waals surface area contributed by atoms with Crippen LogP contribution in [0, 0.1) is 0 Å². The van der Waals surface area contributed by atoms with Crippen LogP contribution in [0.25, 0.3) is 0 Å². The predicted octanol–water partition coefficient (Wildman–Crippen LogP) is 4.63. The number of benzene rings is 4. The van der Waals surface area contributed by atoms with Crippen molar-refractivity contribution >= 4 is 56.4 Å². The van der Waals surface area contributed by atoms with Crippen molar-refractivity contribution in [2.75, 3.05) is 8.42 Å². The molecule has 4 rings (SSSR count). The summed E-state index contributed by atoms with van der Waals surface area (Å²) < 4.78 is 29.9. The van der Waals surface area contributed by atoms with Gasteiger partial charge in [0.05, 0.1) is 0 Å². The van der Waals surface area contributed by atoms with Crippen LogP contribution >= 0.6 is 14.3 Å². The summed E-state index contributed by atoms with van der Waals surface area (Å²) in [5, 5.41) is 3.56. The predicted molar refractivity (Wildman–Crippen MR) is 135 cm³/mol. The second-order valence-corrected chi connectivity index (χ2v) is 18.4. The maximum absolute atomic E-state index is 14.3. The van der Waals surface area contributed by atoms with E-state index < -0.39 is 35.2 Å². The number of hydrogen-bond acceptors (Lipinski definition) is 2. The zero-order chi connectivity index (χ0) is 21.6. The molecule has 0 atom stereocenters. The fraction of sp³-hybridized carbons (Fsp3) is 0.0769. The van der Waals surface area contributed by atoms with Crippen molar-refractivity contribution in [3.63, 3.8) is 0 Å². The van der Waals surface area contributed by atoms with Crippen LogP contribution in [0.5, 0.6) is 0 Å². The molecule has 0 aliphatic heterocycles. The third-order valence-corrected chi connectivity index (χ3v) is 20.2. The van der Waals surface area contributed by atoms with E-state index in [1.165, 1.54) is 0 Å². The molecule has 0 amide bonds. The Labute approximate surface area is 194 Å². The van der Waals surface area contributed by atoms with E-state index in [1.807, 2.05) is 121 Å². The van der Waals surface area contributed by atoms with Gasteiger partial charge in [-0.3, -0.25) is 0 Å². The number of rotatable bonds is 8. The van der Waals surface area contributed by atoms with Crippen molar-refractivity contribution in [1.82, 2.24) is 0 Å². The Morgan fingerprint density at radius 2 is 0.645 bits per heavy atom. The molecule has 4 aromatic rings. The molecule has 0 aromatic heterocycles. The average Bonchev–Trinajstić information content (AvgIpc) is 2.86. The summed E-state index contributed by atoms with van der Waals surface area (Å²) in [6, 6.07) is 39.1. The van der Waals surface area contributed by atoms with Crippen molar-refractivity contribution in [1.29, 1.82) is 0 Å². The van der Waals surface area contributed by atoms with Crippen LogP contribution in [0.15, 0.2) is 121 Å². The van der Waals surface area contributed by atoms with Crippen molar-refractivity contribution in [3.05, 3.63) is 121 Å². The van der Waals surface area contributed by atoms with E-state index >= 15 is 0 Å². The van der Waals surface area contributed by atoms with E-state index in [4.69, 9.17) is 0 Å². The van der Waals surface area contributed by atoms with E-state index in [0.717, 1.165) is 21.2 Å². The Kier molecular flexibility index (Phi) is 7.32. The zero-order valence-electron chi connectivity index (χ0n) is 17.1. The van der Waals surface area contributed by atoms with Crippen molar-refractivity contribution in [2.24, 2.45) is 0 Å². The molecule has 0 aliphatic carbocycles. The van der Waals surface area contributed by atoms with Crippen molar-refractivity contribution in [3.8, 4) is 0 Å². The van der Waals surface area contributed by atoms with Gasteiger partial charge >= 0.3 is 195 Å². The first-order valence-corrected chi connectivity index (χ1v) is 17.2. The molecule has 0 bridgehead atoms. The fourth-order valence-electron chi connectivity index (χ4n) is 3.57. The third kappa shape index (κ3) is 4.98. The third-order valence-electron chi connectivity index (χ3n) is 5.24. The van der Waals surface area contributed by atoms with Gasteiger partial charge in [0.2, 0.25) is 0 Å². The zero-order valence-corrected chi connectivity index (χ0v) is 21.2. The van der Waals surface area contributed by atoms with E-state index in [2.05, 4.69) is 0 Å². The van der Waals surface area contributed by atoms with Crippen LogP contribution in [0.4, 0.5) is 0 Å². The van der Waals surface area contributed by atoms with Crippen molar-refractivity contribution < 1.29 is 9.13 Å². The number of hydrogen-bond donors (Lipinski definition) is 0. The Bertz CT molecular complexity index is 1010. The summed E-state index contributed by atoms with van der Waals surface area (Å²) in [6.45, 7) is 0. The Morgan fingerprint density at radius 1 is 0.419 bits per heavy atom. The topological polar surface area (TPSA) is 34.1 Å². The van der Waals surface area contributed by atoms with Crippen LogP contribution < -0.4 is 21.2 Å². The molecule has 0 unspecified atom stereocenters. The summed E-state index contributed by atoms with van der Waals surface area (Å²) in [6.07, 6.45) is 0. The minimum absolute atomic E-state index is 0.621. The molecule has 0 spiro atoms. The molecule has 0 heterocycles. The van der Waals surface area contributed by atoms with E-state index in [-0.39, 0.29) is 0 Å². The Hall–Kier alpha value is -1.87. The minimum atomic E-state index is -2.76. The van der Waals surface area contributed by atoms with Gasteiger partial charge < -0.3 is 0 Å². The molecule has 0 N–H and O–H groups in total. The normalized spacial score (nSPS) is 11.9. The first-order valence-electron chi connectivity index (χ1n) is 10.1. The van der Waals surface area contributed by atoms with Gasteiger partial charge in [-0.15, -0.1) is 0 Å². The fourth-order valence-corrected chi connectivity index (χ4v) is 19.8. The summed E-state index contributed by atoms with van der Waals surface area (Å²) in [5.74, 6) is 0. The molecule has 0 aliphatic rings. The molecule has 4 aromatic carbocycles. The van der Waals surface area contributed by atoms with Crippen LogP contribution in [0.1, 0.15) is 0 Å². The average molecular weight is 558 g/mol. The molecule has 2 nitrogen and oxygen atoms in total. The molecule has 0 fully saturated rings. The van der Waals surface area contributed by atoms with Crippen LogP contribution in [0.3, 0.4) is 0 Å². The van der Waals surface area contributed by atoms with Crippen LogP contribution in [-0.4, -0.2) is 29.3 Å². The summed E-state index contributed by atoms with van der Waals surface area (Å²) in [7, 11) is -5.51. The van der Waals surface area contributed by atoms with Gasteiger partial charge in [0.1, 0.15) is 0 Å². The van der Waals surface area contributed by atoms with Gasteiger partial charge in [0.15, 0.2) is 0 Å². The van der Waals surface area contributed by atoms with Crippen LogP contribution in [-0.2, 0) is 9.13 Å². The van der Waals surface area contributed by atoms with Gasteiger partial charge in [0.25, 0.3) is 0 Å².